The lowest BCUT2D eigenvalue weighted by atomic mass is 9.95. The summed E-state index contributed by atoms with van der Waals surface area (Å²) in [7, 11) is 0. The Bertz CT molecular complexity index is 723. The van der Waals surface area contributed by atoms with Crippen molar-refractivity contribution in [1.82, 2.24) is 15.3 Å². The molecule has 26 heavy (non-hydrogen) atoms. The summed E-state index contributed by atoms with van der Waals surface area (Å²) in [6.45, 7) is 0.833. The van der Waals surface area contributed by atoms with Crippen molar-refractivity contribution in [3.8, 4) is 0 Å². The second-order valence-corrected chi connectivity index (χ2v) is 9.18. The van der Waals surface area contributed by atoms with E-state index in [2.05, 4.69) is 15.3 Å². The molecule has 1 saturated heterocycles. The molecule has 0 aromatic carbocycles. The van der Waals surface area contributed by atoms with Crippen molar-refractivity contribution in [3.05, 3.63) is 40.3 Å². The predicted molar refractivity (Wildman–Crippen MR) is 104 cm³/mol. The second kappa shape index (κ2) is 8.50. The Morgan fingerprint density at radius 2 is 1.96 bits per heavy atom. The van der Waals surface area contributed by atoms with Crippen LogP contribution in [0.2, 0.25) is 0 Å². The summed E-state index contributed by atoms with van der Waals surface area (Å²) in [5.74, 6) is 0.0572. The van der Waals surface area contributed by atoms with Crippen molar-refractivity contribution in [2.24, 2.45) is 0 Å². The Morgan fingerprint density at radius 1 is 1.15 bits per heavy atom. The number of rotatable bonds is 5. The van der Waals surface area contributed by atoms with Gasteiger partial charge in [-0.15, -0.1) is 11.3 Å². The zero-order valence-electron chi connectivity index (χ0n) is 14.6. The van der Waals surface area contributed by atoms with Crippen LogP contribution in [0, 0.1) is 0 Å². The number of hydrogen-bond donors (Lipinski definition) is 1. The normalized spacial score (nSPS) is 25.9. The molecular weight excluding hydrogens is 366 g/mol. The van der Waals surface area contributed by atoms with Crippen LogP contribution in [0.1, 0.15) is 59.2 Å². The number of aromatic nitrogens is 2. The quantitative estimate of drug-likeness (QED) is 0.776. The zero-order valence-corrected chi connectivity index (χ0v) is 16.2. The number of carbonyl (C=O) groups is 1. The zero-order chi connectivity index (χ0) is 17.8. The number of nitrogens with one attached hydrogen (secondary N) is 1. The molecule has 2 aliphatic rings. The molecule has 1 aliphatic heterocycles. The number of thioether (sulfide) groups is 1. The first-order valence-electron chi connectivity index (χ1n) is 9.24. The van der Waals surface area contributed by atoms with Gasteiger partial charge in [0.25, 0.3) is 5.91 Å². The van der Waals surface area contributed by atoms with Crippen LogP contribution in [0.25, 0.3) is 0 Å². The van der Waals surface area contributed by atoms with E-state index in [4.69, 9.17) is 4.74 Å². The van der Waals surface area contributed by atoms with E-state index in [9.17, 15) is 4.79 Å². The minimum Gasteiger partial charge on any atom is -0.373 e. The third kappa shape index (κ3) is 4.45. The molecule has 1 unspecified atom stereocenters. The van der Waals surface area contributed by atoms with Crippen molar-refractivity contribution in [1.29, 1.82) is 0 Å². The van der Waals surface area contributed by atoms with Crippen molar-refractivity contribution in [3.63, 3.8) is 0 Å². The molecule has 0 bridgehead atoms. The molecule has 0 spiro atoms. The molecular formula is C19H23N3O2S2. The van der Waals surface area contributed by atoms with E-state index < -0.39 is 0 Å². The molecule has 138 valence electrons. The number of carbonyl (C=O) groups excluding carboxylic acids is 1. The lowest BCUT2D eigenvalue weighted by molar-refractivity contribution is 0.0932. The molecule has 1 atom stereocenters. The fraction of sp³-hybridized carbons (Fsp3) is 0.526. The Balaban J connectivity index is 1.25. The van der Waals surface area contributed by atoms with E-state index in [0.717, 1.165) is 55.2 Å². The maximum atomic E-state index is 12.5. The van der Waals surface area contributed by atoms with Crippen LogP contribution in [-0.2, 0) is 4.74 Å². The van der Waals surface area contributed by atoms with E-state index in [1.807, 2.05) is 18.2 Å². The lowest BCUT2D eigenvalue weighted by Crippen LogP contribution is -2.37. The Morgan fingerprint density at radius 3 is 2.69 bits per heavy atom. The molecule has 1 amide bonds. The minimum absolute atomic E-state index is 0.0572. The smallest absolute Gasteiger partial charge is 0.261 e. The maximum Gasteiger partial charge on any atom is 0.261 e. The van der Waals surface area contributed by atoms with Crippen LogP contribution in [0.15, 0.2) is 35.7 Å². The van der Waals surface area contributed by atoms with Crippen molar-refractivity contribution in [2.75, 3.05) is 6.61 Å². The number of amides is 1. The fourth-order valence-corrected chi connectivity index (χ4v) is 5.57. The number of nitrogens with zero attached hydrogens (tertiary/aromatic N) is 2. The monoisotopic (exact) mass is 389 g/mol. The summed E-state index contributed by atoms with van der Waals surface area (Å²) in [4.78, 5) is 23.1. The van der Waals surface area contributed by atoms with Gasteiger partial charge in [-0.3, -0.25) is 4.79 Å². The average Bonchev–Trinajstić information content (AvgIpc) is 3.36. The molecule has 2 aromatic rings. The standard InChI is InChI=1S/C19H23N3O2S2/c23-18(17-9-8-16(26-17)15-3-1-12-24-15)22-13-4-6-14(7-5-13)25-19-20-10-2-11-21-19/h2,8-11,13-15H,1,3-7,12H2,(H,22,23). The number of hydrogen-bond acceptors (Lipinski definition) is 6. The number of ether oxygens (including phenoxy) is 1. The summed E-state index contributed by atoms with van der Waals surface area (Å²) < 4.78 is 5.71. The summed E-state index contributed by atoms with van der Waals surface area (Å²) in [6, 6.07) is 6.09. The minimum atomic E-state index is 0.0572. The molecule has 5 nitrogen and oxygen atoms in total. The van der Waals surface area contributed by atoms with Gasteiger partial charge in [-0.25, -0.2) is 9.97 Å². The molecule has 1 saturated carbocycles. The molecule has 3 heterocycles. The highest BCUT2D eigenvalue weighted by molar-refractivity contribution is 7.99. The summed E-state index contributed by atoms with van der Waals surface area (Å²) in [6.07, 6.45) is 10.1. The predicted octanol–water partition coefficient (Wildman–Crippen LogP) is 4.22. The van der Waals surface area contributed by atoms with Crippen molar-refractivity contribution in [2.45, 2.75) is 61.1 Å². The number of thiophene rings is 1. The first-order chi connectivity index (χ1) is 12.8. The van der Waals surface area contributed by atoms with E-state index in [0.29, 0.717) is 5.25 Å². The first kappa shape index (κ1) is 17.9. The molecule has 1 aliphatic carbocycles. The Hall–Kier alpha value is -1.44. The molecule has 2 aromatic heterocycles. The average molecular weight is 390 g/mol. The van der Waals surface area contributed by atoms with Gasteiger partial charge in [0.15, 0.2) is 5.16 Å². The molecule has 2 fully saturated rings. The van der Waals surface area contributed by atoms with Gasteiger partial charge in [0, 0.05) is 35.2 Å². The summed E-state index contributed by atoms with van der Waals surface area (Å²) >= 11 is 3.32. The van der Waals surface area contributed by atoms with Crippen molar-refractivity contribution >= 4 is 29.0 Å². The van der Waals surface area contributed by atoms with E-state index in [-0.39, 0.29) is 18.1 Å². The van der Waals surface area contributed by atoms with Gasteiger partial charge in [0.05, 0.1) is 11.0 Å². The van der Waals surface area contributed by atoms with E-state index in [1.54, 1.807) is 35.5 Å². The van der Waals surface area contributed by atoms with E-state index in [1.165, 1.54) is 4.88 Å². The summed E-state index contributed by atoms with van der Waals surface area (Å²) in [5, 5.41) is 4.60. The SMILES string of the molecule is O=C(NC1CCC(Sc2ncccn2)CC1)c1ccc(C2CCCO2)s1. The Labute approximate surface area is 162 Å². The van der Waals surface area contributed by atoms with Gasteiger partial charge < -0.3 is 10.1 Å². The van der Waals surface area contributed by atoms with Gasteiger partial charge in [0.2, 0.25) is 0 Å². The summed E-state index contributed by atoms with van der Waals surface area (Å²) in [5.41, 5.74) is 0. The van der Waals surface area contributed by atoms with Gasteiger partial charge in [-0.2, -0.15) is 0 Å². The van der Waals surface area contributed by atoms with Crippen LogP contribution in [-0.4, -0.2) is 33.8 Å². The van der Waals surface area contributed by atoms with Gasteiger partial charge in [0.1, 0.15) is 0 Å². The van der Waals surface area contributed by atoms with Crippen LogP contribution in [0.3, 0.4) is 0 Å². The topological polar surface area (TPSA) is 64.1 Å². The second-order valence-electron chi connectivity index (χ2n) is 6.80. The fourth-order valence-electron chi connectivity index (χ4n) is 3.53. The highest BCUT2D eigenvalue weighted by atomic mass is 32.2. The third-order valence-electron chi connectivity index (χ3n) is 4.92. The lowest BCUT2D eigenvalue weighted by Gasteiger charge is -2.28. The van der Waals surface area contributed by atoms with Crippen LogP contribution >= 0.6 is 23.1 Å². The maximum absolute atomic E-state index is 12.5. The first-order valence-corrected chi connectivity index (χ1v) is 10.9. The van der Waals surface area contributed by atoms with Gasteiger partial charge in [-0.1, -0.05) is 11.8 Å². The molecule has 7 heteroatoms. The van der Waals surface area contributed by atoms with Crippen molar-refractivity contribution < 1.29 is 9.53 Å². The largest absolute Gasteiger partial charge is 0.373 e. The highest BCUT2D eigenvalue weighted by Crippen LogP contribution is 2.34. The van der Waals surface area contributed by atoms with Gasteiger partial charge in [-0.05, 0) is 56.7 Å². The Kier molecular flexibility index (Phi) is 5.87. The van der Waals surface area contributed by atoms with Crippen LogP contribution in [0.4, 0.5) is 0 Å². The highest BCUT2D eigenvalue weighted by Gasteiger charge is 2.25. The van der Waals surface area contributed by atoms with Crippen LogP contribution < -0.4 is 5.32 Å². The third-order valence-corrected chi connectivity index (χ3v) is 7.32. The van der Waals surface area contributed by atoms with Crippen LogP contribution in [0.5, 0.6) is 0 Å². The molecule has 4 rings (SSSR count). The molecule has 1 N–H and O–H groups in total. The van der Waals surface area contributed by atoms with E-state index >= 15 is 0 Å². The molecule has 0 radical (unpaired) electrons. The van der Waals surface area contributed by atoms with Gasteiger partial charge >= 0.3 is 0 Å².